The summed E-state index contributed by atoms with van der Waals surface area (Å²) < 4.78 is 0. The molecule has 0 aromatic rings. The van der Waals surface area contributed by atoms with Gasteiger partial charge in [-0.25, -0.2) is 9.59 Å². The van der Waals surface area contributed by atoms with Gasteiger partial charge in [-0.05, 0) is 6.42 Å². The first kappa shape index (κ1) is 12.7. The predicted octanol–water partition coefficient (Wildman–Crippen LogP) is -0.268. The zero-order valence-corrected chi connectivity index (χ0v) is 10.4. The van der Waals surface area contributed by atoms with Crippen molar-refractivity contribution in [2.24, 2.45) is 0 Å². The lowest BCUT2D eigenvalue weighted by Gasteiger charge is -2.35. The van der Waals surface area contributed by atoms with Crippen molar-refractivity contribution in [3.05, 3.63) is 0 Å². The van der Waals surface area contributed by atoms with E-state index in [1.807, 2.05) is 0 Å². The van der Waals surface area contributed by atoms with Crippen LogP contribution >= 0.6 is 0 Å². The van der Waals surface area contributed by atoms with Crippen molar-refractivity contribution in [1.29, 1.82) is 0 Å². The van der Waals surface area contributed by atoms with Crippen LogP contribution in [0.4, 0.5) is 9.59 Å². The summed E-state index contributed by atoms with van der Waals surface area (Å²) in [5, 5.41) is 5.07. The minimum absolute atomic E-state index is 0.157. The molecule has 0 aromatic carbocycles. The van der Waals surface area contributed by atoms with Crippen LogP contribution in [0.3, 0.4) is 0 Å². The Hall–Kier alpha value is -1.79. The highest BCUT2D eigenvalue weighted by atomic mass is 16.2. The van der Waals surface area contributed by atoms with E-state index in [1.165, 1.54) is 4.90 Å². The fourth-order valence-electron chi connectivity index (χ4n) is 2.18. The second-order valence-electron chi connectivity index (χ2n) is 4.54. The number of carbonyl (C=O) groups is 3. The third kappa shape index (κ3) is 2.39. The number of hydrogen-bond acceptors (Lipinski definition) is 3. The molecule has 2 fully saturated rings. The van der Waals surface area contributed by atoms with Gasteiger partial charge in [0.2, 0.25) is 0 Å². The molecule has 100 valence electrons. The van der Waals surface area contributed by atoms with Crippen LogP contribution < -0.4 is 10.6 Å². The molecule has 2 heterocycles. The lowest BCUT2D eigenvalue weighted by Crippen LogP contribution is -2.56. The first-order chi connectivity index (χ1) is 8.63. The number of imide groups is 1. The van der Waals surface area contributed by atoms with Crippen molar-refractivity contribution in [3.8, 4) is 0 Å². The standard InChI is InChI=1S/C11H18N4O3/c1-2-3-4-12-10(17)14-5-6-15-8(7-14)9(16)13-11(15)18/h8H,2-7H2,1H3,(H,12,17)(H,13,16,18)/t8-/m0/s1. The number of piperazine rings is 1. The summed E-state index contributed by atoms with van der Waals surface area (Å²) in [6, 6.07) is -1.03. The molecular weight excluding hydrogens is 236 g/mol. The quantitative estimate of drug-likeness (QED) is 0.537. The van der Waals surface area contributed by atoms with E-state index in [0.717, 1.165) is 12.8 Å². The number of amides is 5. The maximum absolute atomic E-state index is 11.8. The molecule has 0 aliphatic carbocycles. The summed E-state index contributed by atoms with van der Waals surface area (Å²) >= 11 is 0. The minimum atomic E-state index is -0.525. The van der Waals surface area contributed by atoms with Crippen molar-refractivity contribution in [2.75, 3.05) is 26.2 Å². The Morgan fingerprint density at radius 2 is 2.22 bits per heavy atom. The van der Waals surface area contributed by atoms with Crippen LogP contribution in [-0.2, 0) is 4.79 Å². The fraction of sp³-hybridized carbons (Fsp3) is 0.727. The van der Waals surface area contributed by atoms with Gasteiger partial charge in [0.25, 0.3) is 5.91 Å². The van der Waals surface area contributed by atoms with Gasteiger partial charge in [-0.2, -0.15) is 0 Å². The smallest absolute Gasteiger partial charge is 0.324 e. The Morgan fingerprint density at radius 3 is 2.94 bits per heavy atom. The van der Waals surface area contributed by atoms with E-state index < -0.39 is 6.04 Å². The molecule has 7 nitrogen and oxygen atoms in total. The van der Waals surface area contributed by atoms with E-state index in [-0.39, 0.29) is 24.5 Å². The lowest BCUT2D eigenvalue weighted by atomic mass is 10.2. The summed E-state index contributed by atoms with van der Waals surface area (Å²) in [6.07, 6.45) is 1.96. The van der Waals surface area contributed by atoms with Gasteiger partial charge in [0, 0.05) is 19.6 Å². The Labute approximate surface area is 105 Å². The maximum atomic E-state index is 11.8. The Morgan fingerprint density at radius 1 is 1.44 bits per heavy atom. The van der Waals surface area contributed by atoms with Crippen LogP contribution in [0.25, 0.3) is 0 Å². The van der Waals surface area contributed by atoms with Crippen molar-refractivity contribution < 1.29 is 14.4 Å². The molecule has 7 heteroatoms. The van der Waals surface area contributed by atoms with Gasteiger partial charge in [-0.15, -0.1) is 0 Å². The summed E-state index contributed by atoms with van der Waals surface area (Å²) in [7, 11) is 0. The number of hydrogen-bond donors (Lipinski definition) is 2. The third-order valence-electron chi connectivity index (χ3n) is 3.27. The SMILES string of the molecule is CCCCNC(=O)N1CCN2C(=O)NC(=O)[C@@H]2C1. The van der Waals surface area contributed by atoms with Crippen molar-refractivity contribution in [3.63, 3.8) is 0 Å². The molecule has 2 rings (SSSR count). The highest BCUT2D eigenvalue weighted by molar-refractivity contribution is 6.04. The highest BCUT2D eigenvalue weighted by Crippen LogP contribution is 2.15. The van der Waals surface area contributed by atoms with E-state index >= 15 is 0 Å². The number of urea groups is 2. The summed E-state index contributed by atoms with van der Waals surface area (Å²) in [6.45, 7) is 3.85. The lowest BCUT2D eigenvalue weighted by molar-refractivity contribution is -0.122. The first-order valence-corrected chi connectivity index (χ1v) is 6.27. The largest absolute Gasteiger partial charge is 0.338 e. The maximum Gasteiger partial charge on any atom is 0.324 e. The van der Waals surface area contributed by atoms with Gasteiger partial charge < -0.3 is 15.1 Å². The normalized spacial score (nSPS) is 22.8. The highest BCUT2D eigenvalue weighted by Gasteiger charge is 2.42. The zero-order chi connectivity index (χ0) is 13.1. The van der Waals surface area contributed by atoms with Crippen molar-refractivity contribution in [1.82, 2.24) is 20.4 Å². The van der Waals surface area contributed by atoms with Crippen LogP contribution in [0.5, 0.6) is 0 Å². The number of fused-ring (bicyclic) bond motifs is 1. The van der Waals surface area contributed by atoms with Crippen molar-refractivity contribution >= 4 is 18.0 Å². The molecule has 0 aromatic heterocycles. The molecule has 2 aliphatic heterocycles. The topological polar surface area (TPSA) is 81.8 Å². The van der Waals surface area contributed by atoms with E-state index in [0.29, 0.717) is 19.6 Å². The Balaban J connectivity index is 1.88. The second-order valence-corrected chi connectivity index (χ2v) is 4.54. The van der Waals surface area contributed by atoms with Crippen molar-refractivity contribution in [2.45, 2.75) is 25.8 Å². The summed E-state index contributed by atoms with van der Waals surface area (Å²) in [4.78, 5) is 37.8. The number of carbonyl (C=O) groups excluding carboxylic acids is 3. The first-order valence-electron chi connectivity index (χ1n) is 6.27. The molecular formula is C11H18N4O3. The molecule has 0 saturated carbocycles. The number of nitrogens with one attached hydrogen (secondary N) is 2. The van der Waals surface area contributed by atoms with Gasteiger partial charge in [0.15, 0.2) is 0 Å². The average Bonchev–Trinajstić information content (AvgIpc) is 2.65. The van der Waals surface area contributed by atoms with Crippen LogP contribution in [-0.4, -0.2) is 60.0 Å². The molecule has 5 amide bonds. The minimum Gasteiger partial charge on any atom is -0.338 e. The van der Waals surface area contributed by atoms with Gasteiger partial charge in [0.1, 0.15) is 6.04 Å². The van der Waals surface area contributed by atoms with E-state index in [9.17, 15) is 14.4 Å². The number of rotatable bonds is 3. The summed E-state index contributed by atoms with van der Waals surface area (Å²) in [5.41, 5.74) is 0. The van der Waals surface area contributed by atoms with E-state index in [4.69, 9.17) is 0 Å². The van der Waals surface area contributed by atoms with Crippen LogP contribution in [0, 0.1) is 0 Å². The van der Waals surface area contributed by atoms with E-state index in [2.05, 4.69) is 17.6 Å². The average molecular weight is 254 g/mol. The molecule has 2 saturated heterocycles. The molecule has 2 aliphatic rings. The predicted molar refractivity (Wildman–Crippen MR) is 63.9 cm³/mol. The molecule has 18 heavy (non-hydrogen) atoms. The second kappa shape index (κ2) is 5.24. The molecule has 0 bridgehead atoms. The number of nitrogens with zero attached hydrogens (tertiary/aromatic N) is 2. The van der Waals surface area contributed by atoms with Gasteiger partial charge in [-0.1, -0.05) is 13.3 Å². The molecule has 1 atom stereocenters. The zero-order valence-electron chi connectivity index (χ0n) is 10.4. The van der Waals surface area contributed by atoms with Gasteiger partial charge in [0.05, 0.1) is 6.54 Å². The monoisotopic (exact) mass is 254 g/mol. The summed E-state index contributed by atoms with van der Waals surface area (Å²) in [5.74, 6) is -0.314. The third-order valence-corrected chi connectivity index (χ3v) is 3.27. The van der Waals surface area contributed by atoms with Crippen LogP contribution in [0.1, 0.15) is 19.8 Å². The van der Waals surface area contributed by atoms with Gasteiger partial charge >= 0.3 is 12.1 Å². The van der Waals surface area contributed by atoms with Crippen LogP contribution in [0.15, 0.2) is 0 Å². The van der Waals surface area contributed by atoms with E-state index in [1.54, 1.807) is 4.90 Å². The molecule has 0 radical (unpaired) electrons. The van der Waals surface area contributed by atoms with Crippen LogP contribution in [0.2, 0.25) is 0 Å². The number of unbranched alkanes of at least 4 members (excludes halogenated alkanes) is 1. The molecule has 2 N–H and O–H groups in total. The molecule has 0 unspecified atom stereocenters. The van der Waals surface area contributed by atoms with Gasteiger partial charge in [-0.3, -0.25) is 10.1 Å². The fourth-order valence-corrected chi connectivity index (χ4v) is 2.18. The Bertz CT molecular complexity index is 371. The Kier molecular flexibility index (Phi) is 3.69. The molecule has 0 spiro atoms.